The summed E-state index contributed by atoms with van der Waals surface area (Å²) in [5.74, 6) is -1.17. The molecule has 1 saturated carbocycles. The third-order valence-electron chi connectivity index (χ3n) is 4.47. The normalized spacial score (nSPS) is 20.8. The van der Waals surface area contributed by atoms with Crippen LogP contribution < -0.4 is 5.32 Å². The summed E-state index contributed by atoms with van der Waals surface area (Å²) < 4.78 is 0. The van der Waals surface area contributed by atoms with Gasteiger partial charge in [-0.2, -0.15) is 0 Å². The summed E-state index contributed by atoms with van der Waals surface area (Å²) in [5.41, 5.74) is 0.946. The number of carbonyl (C=O) groups is 2. The summed E-state index contributed by atoms with van der Waals surface area (Å²) in [4.78, 5) is 25.0. The molecule has 0 saturated heterocycles. The third kappa shape index (κ3) is 4.63. The zero-order valence-electron chi connectivity index (χ0n) is 13.8. The molecule has 0 bridgehead atoms. The van der Waals surface area contributed by atoms with E-state index in [0.717, 1.165) is 16.9 Å². The second-order valence-corrected chi connectivity index (χ2v) is 7.45. The van der Waals surface area contributed by atoms with Gasteiger partial charge in [0, 0.05) is 10.9 Å². The average molecular weight is 355 g/mol. The highest BCUT2D eigenvalue weighted by molar-refractivity contribution is 8.00. The molecule has 3 rings (SSSR count). The first kappa shape index (κ1) is 17.5. The third-order valence-corrected chi connectivity index (χ3v) is 5.73. The minimum absolute atomic E-state index is 0.0591. The summed E-state index contributed by atoms with van der Waals surface area (Å²) in [6.07, 6.45) is 1.86. The van der Waals surface area contributed by atoms with Gasteiger partial charge >= 0.3 is 5.97 Å². The number of hydrogen-bond acceptors (Lipinski definition) is 3. The maximum atomic E-state index is 12.9. The SMILES string of the molecule is O=C(N[C@@H]1CC[C@H](C(=O)O)C1)C(Sc1ccccc1)c1ccccc1. The Morgan fingerprint density at radius 2 is 1.64 bits per heavy atom. The van der Waals surface area contributed by atoms with Crippen LogP contribution in [0.25, 0.3) is 0 Å². The molecule has 1 fully saturated rings. The van der Waals surface area contributed by atoms with Crippen molar-refractivity contribution in [3.05, 3.63) is 66.2 Å². The van der Waals surface area contributed by atoms with Crippen LogP contribution in [-0.4, -0.2) is 23.0 Å². The Kier molecular flexibility index (Phi) is 5.76. The molecule has 0 radical (unpaired) electrons. The molecule has 1 aliphatic rings. The number of thioether (sulfide) groups is 1. The predicted octanol–water partition coefficient (Wildman–Crippen LogP) is 3.89. The van der Waals surface area contributed by atoms with Crippen molar-refractivity contribution < 1.29 is 14.7 Å². The first-order valence-electron chi connectivity index (χ1n) is 8.43. The van der Waals surface area contributed by atoms with Gasteiger partial charge in [0.05, 0.1) is 5.92 Å². The topological polar surface area (TPSA) is 66.4 Å². The molecule has 2 aromatic carbocycles. The van der Waals surface area contributed by atoms with Crippen molar-refractivity contribution in [3.8, 4) is 0 Å². The number of hydrogen-bond donors (Lipinski definition) is 2. The number of aliphatic carboxylic acids is 1. The molecule has 0 aliphatic heterocycles. The summed E-state index contributed by atoms with van der Waals surface area (Å²) in [6.45, 7) is 0. The van der Waals surface area contributed by atoms with E-state index >= 15 is 0 Å². The fourth-order valence-electron chi connectivity index (χ4n) is 3.15. The highest BCUT2D eigenvalue weighted by Crippen LogP contribution is 2.36. The molecule has 3 atom stereocenters. The lowest BCUT2D eigenvalue weighted by molar-refractivity contribution is -0.141. The van der Waals surface area contributed by atoms with Gasteiger partial charge in [-0.15, -0.1) is 11.8 Å². The van der Waals surface area contributed by atoms with Crippen LogP contribution in [0.1, 0.15) is 30.1 Å². The van der Waals surface area contributed by atoms with Crippen molar-refractivity contribution in [2.45, 2.75) is 35.4 Å². The molecule has 0 heterocycles. The summed E-state index contributed by atoms with van der Waals surface area (Å²) in [5, 5.41) is 11.8. The molecule has 1 aliphatic carbocycles. The van der Waals surface area contributed by atoms with Crippen LogP contribution in [0.4, 0.5) is 0 Å². The molecule has 4 nitrogen and oxygen atoms in total. The lowest BCUT2D eigenvalue weighted by atomic mass is 10.1. The number of nitrogens with one attached hydrogen (secondary N) is 1. The van der Waals surface area contributed by atoms with E-state index in [1.807, 2.05) is 60.7 Å². The van der Waals surface area contributed by atoms with Gasteiger partial charge in [0.25, 0.3) is 0 Å². The van der Waals surface area contributed by atoms with Gasteiger partial charge in [0.1, 0.15) is 5.25 Å². The molecular weight excluding hydrogens is 334 g/mol. The number of carboxylic acids is 1. The van der Waals surface area contributed by atoms with Crippen LogP contribution in [-0.2, 0) is 9.59 Å². The molecule has 0 aromatic heterocycles. The van der Waals surface area contributed by atoms with E-state index in [9.17, 15) is 9.59 Å². The predicted molar refractivity (Wildman–Crippen MR) is 98.4 cm³/mol. The largest absolute Gasteiger partial charge is 0.481 e. The minimum Gasteiger partial charge on any atom is -0.481 e. The van der Waals surface area contributed by atoms with Gasteiger partial charge in [-0.1, -0.05) is 48.5 Å². The number of amides is 1. The van der Waals surface area contributed by atoms with Crippen molar-refractivity contribution in [1.82, 2.24) is 5.32 Å². The fourth-order valence-corrected chi connectivity index (χ4v) is 4.20. The number of benzene rings is 2. The highest BCUT2D eigenvalue weighted by Gasteiger charge is 2.32. The van der Waals surface area contributed by atoms with Crippen LogP contribution in [0.2, 0.25) is 0 Å². The Morgan fingerprint density at radius 3 is 2.24 bits per heavy atom. The summed E-state index contributed by atoms with van der Waals surface area (Å²) >= 11 is 1.51. The van der Waals surface area contributed by atoms with Crippen molar-refractivity contribution >= 4 is 23.6 Å². The van der Waals surface area contributed by atoms with Crippen molar-refractivity contribution in [3.63, 3.8) is 0 Å². The Balaban J connectivity index is 1.73. The average Bonchev–Trinajstić information content (AvgIpc) is 3.10. The second kappa shape index (κ2) is 8.21. The molecule has 2 aromatic rings. The molecule has 1 unspecified atom stereocenters. The van der Waals surface area contributed by atoms with E-state index in [1.54, 1.807) is 0 Å². The zero-order valence-corrected chi connectivity index (χ0v) is 14.6. The van der Waals surface area contributed by atoms with Gasteiger partial charge in [0.2, 0.25) is 5.91 Å². The lowest BCUT2D eigenvalue weighted by Crippen LogP contribution is -2.36. The Bertz CT molecular complexity index is 720. The highest BCUT2D eigenvalue weighted by atomic mass is 32.2. The Hall–Kier alpha value is -2.27. The number of carboxylic acid groups (broad SMARTS) is 1. The molecular formula is C20H21NO3S. The van der Waals surface area contributed by atoms with Crippen LogP contribution >= 0.6 is 11.8 Å². The maximum absolute atomic E-state index is 12.9. The van der Waals surface area contributed by atoms with Crippen molar-refractivity contribution in [2.75, 3.05) is 0 Å². The summed E-state index contributed by atoms with van der Waals surface area (Å²) in [7, 11) is 0. The molecule has 2 N–H and O–H groups in total. The quantitative estimate of drug-likeness (QED) is 0.772. The molecule has 130 valence electrons. The van der Waals surface area contributed by atoms with Crippen LogP contribution in [0.3, 0.4) is 0 Å². The van der Waals surface area contributed by atoms with E-state index in [0.29, 0.717) is 12.8 Å². The second-order valence-electron chi connectivity index (χ2n) is 6.28. The molecule has 0 spiro atoms. The van der Waals surface area contributed by atoms with E-state index in [4.69, 9.17) is 5.11 Å². The van der Waals surface area contributed by atoms with E-state index in [2.05, 4.69) is 5.32 Å². The first-order chi connectivity index (χ1) is 12.1. The summed E-state index contributed by atoms with van der Waals surface area (Å²) in [6, 6.07) is 19.5. The van der Waals surface area contributed by atoms with Crippen LogP contribution in [0.15, 0.2) is 65.6 Å². The van der Waals surface area contributed by atoms with Crippen molar-refractivity contribution in [2.24, 2.45) is 5.92 Å². The molecule has 1 amide bonds. The standard InChI is InChI=1S/C20H21NO3S/c22-19(21-16-12-11-15(13-16)20(23)24)18(14-7-3-1-4-8-14)25-17-9-5-2-6-10-17/h1-10,15-16,18H,11-13H2,(H,21,22)(H,23,24)/t15-,16+,18?/m0/s1. The van der Waals surface area contributed by atoms with E-state index in [-0.39, 0.29) is 23.1 Å². The lowest BCUT2D eigenvalue weighted by Gasteiger charge is -2.20. The van der Waals surface area contributed by atoms with Gasteiger partial charge in [0.15, 0.2) is 0 Å². The fraction of sp³-hybridized carbons (Fsp3) is 0.300. The first-order valence-corrected chi connectivity index (χ1v) is 9.31. The van der Waals surface area contributed by atoms with Gasteiger partial charge in [-0.05, 0) is 37.0 Å². The van der Waals surface area contributed by atoms with Crippen LogP contribution in [0, 0.1) is 5.92 Å². The maximum Gasteiger partial charge on any atom is 0.306 e. The minimum atomic E-state index is -0.769. The number of carbonyl (C=O) groups excluding carboxylic acids is 1. The smallest absolute Gasteiger partial charge is 0.306 e. The van der Waals surface area contributed by atoms with Gasteiger partial charge in [-0.3, -0.25) is 9.59 Å². The van der Waals surface area contributed by atoms with Crippen LogP contribution in [0.5, 0.6) is 0 Å². The van der Waals surface area contributed by atoms with E-state index < -0.39 is 5.97 Å². The van der Waals surface area contributed by atoms with Crippen molar-refractivity contribution in [1.29, 1.82) is 0 Å². The van der Waals surface area contributed by atoms with Gasteiger partial charge in [-0.25, -0.2) is 0 Å². The van der Waals surface area contributed by atoms with E-state index in [1.165, 1.54) is 11.8 Å². The number of rotatable bonds is 6. The Morgan fingerprint density at radius 1 is 1.00 bits per heavy atom. The van der Waals surface area contributed by atoms with Gasteiger partial charge < -0.3 is 10.4 Å². The molecule has 25 heavy (non-hydrogen) atoms. The monoisotopic (exact) mass is 355 g/mol. The molecule has 5 heteroatoms. The Labute approximate surface area is 151 Å². The zero-order chi connectivity index (χ0) is 17.6.